The van der Waals surface area contributed by atoms with Crippen molar-refractivity contribution in [2.75, 3.05) is 44.7 Å². The van der Waals surface area contributed by atoms with Crippen molar-refractivity contribution in [2.45, 2.75) is 4.90 Å². The second-order valence-corrected chi connectivity index (χ2v) is 8.76. The number of nitrogens with one attached hydrogen (secondary N) is 2. The minimum atomic E-state index is -3.73. The van der Waals surface area contributed by atoms with Crippen molar-refractivity contribution in [1.29, 1.82) is 0 Å². The zero-order valence-corrected chi connectivity index (χ0v) is 17.1. The van der Waals surface area contributed by atoms with E-state index >= 15 is 0 Å². The second kappa shape index (κ2) is 9.17. The third-order valence-electron chi connectivity index (χ3n) is 5.05. The highest BCUT2D eigenvalue weighted by atomic mass is 32.2. The molecule has 0 radical (unpaired) electrons. The van der Waals surface area contributed by atoms with Gasteiger partial charge in [-0.25, -0.2) is 13.1 Å². The molecule has 8 nitrogen and oxygen atoms in total. The van der Waals surface area contributed by atoms with E-state index < -0.39 is 14.9 Å². The van der Waals surface area contributed by atoms with Gasteiger partial charge < -0.3 is 9.80 Å². The van der Waals surface area contributed by atoms with E-state index in [0.29, 0.717) is 18.8 Å². The van der Waals surface area contributed by atoms with Crippen LogP contribution in [0.5, 0.6) is 0 Å². The van der Waals surface area contributed by atoms with Crippen LogP contribution < -0.4 is 14.5 Å². The average molecular weight is 418 g/mol. The molecule has 1 saturated heterocycles. The van der Waals surface area contributed by atoms with Crippen molar-refractivity contribution < 1.29 is 18.2 Å². The first-order valence-electron chi connectivity index (χ1n) is 9.43. The zero-order valence-electron chi connectivity index (χ0n) is 16.2. The Morgan fingerprint density at radius 1 is 1.17 bits per heavy atom. The molecule has 2 N–H and O–H groups in total. The fraction of sp³-hybridized carbons (Fsp3) is 0.300. The van der Waals surface area contributed by atoms with Gasteiger partial charge in [-0.2, -0.15) is 0 Å². The number of hydrogen-bond acceptors (Lipinski definition) is 5. The van der Waals surface area contributed by atoms with E-state index in [1.54, 1.807) is 0 Å². The maximum atomic E-state index is 12.0. The maximum Gasteiger partial charge on any atom is 0.293 e. The van der Waals surface area contributed by atoms with Gasteiger partial charge in [-0.1, -0.05) is 36.4 Å². The van der Waals surface area contributed by atoms with Gasteiger partial charge in [0, 0.05) is 6.07 Å². The van der Waals surface area contributed by atoms with Crippen molar-refractivity contribution in [3.05, 3.63) is 70.3 Å². The molecular weight excluding hydrogens is 392 g/mol. The molecule has 154 valence electrons. The number of benzene rings is 2. The molecule has 0 bridgehead atoms. The molecule has 1 aliphatic rings. The summed E-state index contributed by atoms with van der Waals surface area (Å²) in [5.74, 6) is 0. The van der Waals surface area contributed by atoms with Gasteiger partial charge >= 0.3 is 0 Å². The summed E-state index contributed by atoms with van der Waals surface area (Å²) in [4.78, 5) is 14.3. The number of nitrogens with zero attached hydrogens (tertiary/aromatic N) is 2. The van der Waals surface area contributed by atoms with Crippen molar-refractivity contribution in [3.63, 3.8) is 0 Å². The van der Waals surface area contributed by atoms with Crippen LogP contribution in [0.3, 0.4) is 0 Å². The molecule has 29 heavy (non-hydrogen) atoms. The molecule has 0 unspecified atom stereocenters. The highest BCUT2D eigenvalue weighted by Gasteiger charge is 2.27. The summed E-state index contributed by atoms with van der Waals surface area (Å²) in [5, 5.41) is 11.5. The third-order valence-corrected chi connectivity index (χ3v) is 6.46. The topological polar surface area (TPSA) is 97.0 Å². The molecule has 0 atom stereocenters. The van der Waals surface area contributed by atoms with Gasteiger partial charge in [0.2, 0.25) is 10.0 Å². The van der Waals surface area contributed by atoms with Crippen LogP contribution in [0.4, 0.5) is 11.4 Å². The van der Waals surface area contributed by atoms with Crippen LogP contribution in [0.15, 0.2) is 59.5 Å². The average Bonchev–Trinajstić information content (AvgIpc) is 2.74. The molecule has 2 aromatic carbocycles. The largest absolute Gasteiger partial charge is 0.355 e. The Bertz CT molecular complexity index is 985. The highest BCUT2D eigenvalue weighted by molar-refractivity contribution is 7.89. The lowest BCUT2D eigenvalue weighted by molar-refractivity contribution is -0.894. The first kappa shape index (κ1) is 21.0. The van der Waals surface area contributed by atoms with E-state index in [0.717, 1.165) is 31.3 Å². The van der Waals surface area contributed by atoms with Crippen LogP contribution in [0.25, 0.3) is 6.08 Å². The maximum absolute atomic E-state index is 12.0. The molecule has 9 heteroatoms. The molecular formula is C20H25N4O4S+. The Labute approximate surface area is 170 Å². The van der Waals surface area contributed by atoms with Crippen LogP contribution >= 0.6 is 0 Å². The van der Waals surface area contributed by atoms with Crippen molar-refractivity contribution in [2.24, 2.45) is 0 Å². The second-order valence-electron chi connectivity index (χ2n) is 6.87. The Hall–Kier alpha value is -2.75. The van der Waals surface area contributed by atoms with Gasteiger partial charge in [0.1, 0.15) is 5.69 Å². The molecule has 2 aromatic rings. The van der Waals surface area contributed by atoms with Crippen LogP contribution in [-0.2, 0) is 10.0 Å². The lowest BCUT2D eigenvalue weighted by atomic mass is 10.2. The number of quaternary nitrogens is 1. The van der Waals surface area contributed by atoms with Crippen molar-refractivity contribution in [3.8, 4) is 0 Å². The van der Waals surface area contributed by atoms with Gasteiger partial charge in [0.05, 0.1) is 42.5 Å². The summed E-state index contributed by atoms with van der Waals surface area (Å²) in [5.41, 5.74) is 1.44. The number of anilines is 1. The summed E-state index contributed by atoms with van der Waals surface area (Å²) >= 11 is 0. The van der Waals surface area contributed by atoms with E-state index in [9.17, 15) is 18.5 Å². The smallest absolute Gasteiger partial charge is 0.293 e. The fourth-order valence-corrected chi connectivity index (χ4v) is 4.15. The quantitative estimate of drug-likeness (QED) is 0.516. The predicted octanol–water partition coefficient (Wildman–Crippen LogP) is 0.921. The first-order valence-corrected chi connectivity index (χ1v) is 10.9. The summed E-state index contributed by atoms with van der Waals surface area (Å²) in [7, 11) is -2.45. The molecule has 1 heterocycles. The lowest BCUT2D eigenvalue weighted by Crippen LogP contribution is -3.14. The Morgan fingerprint density at radius 3 is 2.48 bits per heavy atom. The van der Waals surface area contributed by atoms with E-state index in [1.807, 2.05) is 23.1 Å². The molecule has 1 aliphatic heterocycles. The van der Waals surface area contributed by atoms with E-state index in [-0.39, 0.29) is 10.6 Å². The molecule has 0 aromatic heterocycles. The van der Waals surface area contributed by atoms with Crippen molar-refractivity contribution >= 4 is 27.5 Å². The number of nitro benzene ring substituents is 1. The molecule has 0 amide bonds. The monoisotopic (exact) mass is 417 g/mol. The zero-order chi connectivity index (χ0) is 20.9. The molecule has 0 spiro atoms. The van der Waals surface area contributed by atoms with E-state index in [4.69, 9.17) is 0 Å². The minimum absolute atomic E-state index is 0.106. The van der Waals surface area contributed by atoms with Crippen molar-refractivity contribution in [1.82, 2.24) is 4.72 Å². The highest BCUT2D eigenvalue weighted by Crippen LogP contribution is 2.30. The van der Waals surface area contributed by atoms with Crippen LogP contribution in [0.1, 0.15) is 5.56 Å². The summed E-state index contributed by atoms with van der Waals surface area (Å²) < 4.78 is 26.1. The fourth-order valence-electron chi connectivity index (χ4n) is 3.40. The predicted molar refractivity (Wildman–Crippen MR) is 113 cm³/mol. The standard InChI is InChI=1S/C20H24N4O4S/c1-21-29(27,28)18-9-10-19(20(16-18)24(25)26)23-14-12-22(13-15-23)11-5-8-17-6-3-2-4-7-17/h2-10,16,21H,11-15H2,1H3/p+1/b8-5+. The van der Waals surface area contributed by atoms with Gasteiger partial charge in [0.15, 0.2) is 0 Å². The van der Waals surface area contributed by atoms with E-state index in [2.05, 4.69) is 29.0 Å². The lowest BCUT2D eigenvalue weighted by Gasteiger charge is -2.33. The first-order chi connectivity index (χ1) is 13.9. The summed E-state index contributed by atoms with van der Waals surface area (Å²) in [6, 6.07) is 14.2. The number of piperazine rings is 1. The Balaban J connectivity index is 1.66. The minimum Gasteiger partial charge on any atom is -0.355 e. The number of hydrogen-bond donors (Lipinski definition) is 2. The van der Waals surface area contributed by atoms with E-state index in [1.165, 1.54) is 24.1 Å². The Kier molecular flexibility index (Phi) is 6.63. The molecule has 3 rings (SSSR count). The number of rotatable bonds is 7. The summed E-state index contributed by atoms with van der Waals surface area (Å²) in [6.45, 7) is 3.95. The molecule has 0 aliphatic carbocycles. The van der Waals surface area contributed by atoms with Crippen LogP contribution in [0.2, 0.25) is 0 Å². The van der Waals surface area contributed by atoms with Gasteiger partial charge in [0.25, 0.3) is 5.69 Å². The van der Waals surface area contributed by atoms with Gasteiger partial charge in [-0.15, -0.1) is 0 Å². The molecule has 1 fully saturated rings. The van der Waals surface area contributed by atoms with Gasteiger partial charge in [-0.05, 0) is 30.8 Å². The SMILES string of the molecule is CNS(=O)(=O)c1ccc(N2CC[NH+](C/C=C/c3ccccc3)CC2)c([N+](=O)[O-])c1. The number of sulfonamides is 1. The van der Waals surface area contributed by atoms with Crippen LogP contribution in [-0.4, -0.2) is 53.1 Å². The van der Waals surface area contributed by atoms with Crippen LogP contribution in [0, 0.1) is 10.1 Å². The Morgan fingerprint density at radius 2 is 1.86 bits per heavy atom. The number of nitro groups is 1. The normalized spacial score (nSPS) is 15.7. The third kappa shape index (κ3) is 5.20. The molecule has 0 saturated carbocycles. The summed E-state index contributed by atoms with van der Waals surface area (Å²) in [6.07, 6.45) is 4.26. The van der Waals surface area contributed by atoms with Gasteiger partial charge in [-0.3, -0.25) is 10.1 Å².